The van der Waals surface area contributed by atoms with E-state index >= 15 is 0 Å². The smallest absolute Gasteiger partial charge is 0.254 e. The van der Waals surface area contributed by atoms with Crippen molar-refractivity contribution in [3.8, 4) is 5.75 Å². The fourth-order valence-electron chi connectivity index (χ4n) is 2.34. The summed E-state index contributed by atoms with van der Waals surface area (Å²) in [6.45, 7) is 3.88. The first-order valence-electron chi connectivity index (χ1n) is 7.33. The SMILES string of the molecule is COc1ccc(C(NC(=O)c2cccc(F)c2F)C(C)C)cc1. The van der Waals surface area contributed by atoms with Gasteiger partial charge in [0.25, 0.3) is 5.91 Å². The second kappa shape index (κ2) is 7.22. The van der Waals surface area contributed by atoms with Gasteiger partial charge < -0.3 is 10.1 Å². The first kappa shape index (κ1) is 16.9. The quantitative estimate of drug-likeness (QED) is 0.901. The molecule has 23 heavy (non-hydrogen) atoms. The number of amides is 1. The molecule has 3 nitrogen and oxygen atoms in total. The van der Waals surface area contributed by atoms with Crippen LogP contribution in [-0.2, 0) is 0 Å². The number of hydrogen-bond donors (Lipinski definition) is 1. The number of halogens is 2. The topological polar surface area (TPSA) is 38.3 Å². The van der Waals surface area contributed by atoms with Crippen molar-refractivity contribution < 1.29 is 18.3 Å². The van der Waals surface area contributed by atoms with Crippen LogP contribution in [-0.4, -0.2) is 13.0 Å². The van der Waals surface area contributed by atoms with E-state index in [0.717, 1.165) is 11.6 Å². The highest BCUT2D eigenvalue weighted by molar-refractivity contribution is 5.94. The van der Waals surface area contributed by atoms with E-state index < -0.39 is 17.5 Å². The minimum atomic E-state index is -1.14. The van der Waals surface area contributed by atoms with E-state index in [0.29, 0.717) is 5.75 Å². The molecule has 0 radical (unpaired) electrons. The molecule has 2 aromatic rings. The molecule has 0 fully saturated rings. The Labute approximate surface area is 134 Å². The van der Waals surface area contributed by atoms with E-state index in [-0.39, 0.29) is 17.5 Å². The van der Waals surface area contributed by atoms with Crippen LogP contribution in [0.2, 0.25) is 0 Å². The molecule has 1 unspecified atom stereocenters. The fraction of sp³-hybridized carbons (Fsp3) is 0.278. The largest absolute Gasteiger partial charge is 0.497 e. The van der Waals surface area contributed by atoms with Crippen LogP contribution in [0, 0.1) is 17.6 Å². The lowest BCUT2D eigenvalue weighted by atomic mass is 9.95. The third-order valence-electron chi connectivity index (χ3n) is 3.62. The second-order valence-electron chi connectivity index (χ2n) is 5.57. The summed E-state index contributed by atoms with van der Waals surface area (Å²) in [6, 6.07) is 10.5. The number of benzene rings is 2. The first-order chi connectivity index (χ1) is 10.9. The standard InChI is InChI=1S/C18H19F2NO2/c1-11(2)17(12-7-9-13(23-3)10-8-12)21-18(22)14-5-4-6-15(19)16(14)20/h4-11,17H,1-3H3,(H,21,22). The Balaban J connectivity index is 2.25. The maximum atomic E-state index is 13.8. The Morgan fingerprint density at radius 3 is 2.30 bits per heavy atom. The van der Waals surface area contributed by atoms with Gasteiger partial charge in [0.2, 0.25) is 0 Å². The van der Waals surface area contributed by atoms with Gasteiger partial charge in [-0.25, -0.2) is 8.78 Å². The second-order valence-corrected chi connectivity index (χ2v) is 5.57. The Morgan fingerprint density at radius 2 is 1.74 bits per heavy atom. The highest BCUT2D eigenvalue weighted by Crippen LogP contribution is 2.24. The normalized spacial score (nSPS) is 12.1. The molecule has 0 spiro atoms. The number of hydrogen-bond acceptors (Lipinski definition) is 2. The van der Waals surface area contributed by atoms with Crippen molar-refractivity contribution in [2.24, 2.45) is 5.92 Å². The van der Waals surface area contributed by atoms with E-state index in [1.54, 1.807) is 19.2 Å². The average Bonchev–Trinajstić information content (AvgIpc) is 2.55. The van der Waals surface area contributed by atoms with Gasteiger partial charge in [0, 0.05) is 0 Å². The monoisotopic (exact) mass is 319 g/mol. The van der Waals surface area contributed by atoms with Crippen molar-refractivity contribution in [1.29, 1.82) is 0 Å². The molecule has 0 bridgehead atoms. The van der Waals surface area contributed by atoms with Gasteiger partial charge in [-0.2, -0.15) is 0 Å². The van der Waals surface area contributed by atoms with Crippen molar-refractivity contribution in [3.63, 3.8) is 0 Å². The fourth-order valence-corrected chi connectivity index (χ4v) is 2.34. The molecule has 2 rings (SSSR count). The minimum absolute atomic E-state index is 0.0731. The van der Waals surface area contributed by atoms with Gasteiger partial charge in [0.15, 0.2) is 11.6 Å². The molecule has 1 amide bonds. The zero-order valence-electron chi connectivity index (χ0n) is 13.3. The van der Waals surface area contributed by atoms with Gasteiger partial charge in [-0.05, 0) is 35.7 Å². The van der Waals surface area contributed by atoms with Crippen LogP contribution < -0.4 is 10.1 Å². The van der Waals surface area contributed by atoms with Crippen molar-refractivity contribution in [3.05, 3.63) is 65.2 Å². The molecular formula is C18H19F2NO2. The van der Waals surface area contributed by atoms with Gasteiger partial charge in [0.1, 0.15) is 5.75 Å². The van der Waals surface area contributed by atoms with Gasteiger partial charge in [0.05, 0.1) is 18.7 Å². The average molecular weight is 319 g/mol. The molecule has 0 aliphatic rings. The highest BCUT2D eigenvalue weighted by Gasteiger charge is 2.22. The molecule has 0 heterocycles. The minimum Gasteiger partial charge on any atom is -0.497 e. The number of rotatable bonds is 5. The lowest BCUT2D eigenvalue weighted by Crippen LogP contribution is -2.32. The van der Waals surface area contributed by atoms with E-state index in [1.807, 2.05) is 26.0 Å². The van der Waals surface area contributed by atoms with Crippen LogP contribution in [0.3, 0.4) is 0 Å². The maximum Gasteiger partial charge on any atom is 0.254 e. The molecule has 0 aliphatic carbocycles. The lowest BCUT2D eigenvalue weighted by Gasteiger charge is -2.23. The summed E-state index contributed by atoms with van der Waals surface area (Å²) in [7, 11) is 1.57. The zero-order valence-corrected chi connectivity index (χ0v) is 13.3. The summed E-state index contributed by atoms with van der Waals surface area (Å²) in [5.74, 6) is -2.04. The van der Waals surface area contributed by atoms with Crippen LogP contribution in [0.1, 0.15) is 35.8 Å². The number of ether oxygens (including phenoxy) is 1. The van der Waals surface area contributed by atoms with Gasteiger partial charge in [-0.1, -0.05) is 32.0 Å². The molecule has 0 aromatic heterocycles. The van der Waals surface area contributed by atoms with E-state index in [4.69, 9.17) is 4.74 Å². The third-order valence-corrected chi connectivity index (χ3v) is 3.62. The first-order valence-corrected chi connectivity index (χ1v) is 7.33. The Hall–Kier alpha value is -2.43. The Kier molecular flexibility index (Phi) is 5.32. The van der Waals surface area contributed by atoms with Crippen LogP contribution in [0.4, 0.5) is 8.78 Å². The van der Waals surface area contributed by atoms with Crippen molar-refractivity contribution in [1.82, 2.24) is 5.32 Å². The molecule has 1 N–H and O–H groups in total. The summed E-state index contributed by atoms with van der Waals surface area (Å²) >= 11 is 0. The van der Waals surface area contributed by atoms with E-state index in [1.165, 1.54) is 12.1 Å². The molecule has 2 aromatic carbocycles. The van der Waals surface area contributed by atoms with Gasteiger partial charge in [-0.3, -0.25) is 4.79 Å². The van der Waals surface area contributed by atoms with E-state index in [9.17, 15) is 13.6 Å². The summed E-state index contributed by atoms with van der Waals surface area (Å²) in [4.78, 5) is 12.3. The lowest BCUT2D eigenvalue weighted by molar-refractivity contribution is 0.0920. The summed E-state index contributed by atoms with van der Waals surface area (Å²) in [5, 5.41) is 2.77. The highest BCUT2D eigenvalue weighted by atomic mass is 19.2. The zero-order chi connectivity index (χ0) is 17.0. The third kappa shape index (κ3) is 3.86. The number of nitrogens with one attached hydrogen (secondary N) is 1. The maximum absolute atomic E-state index is 13.8. The van der Waals surface area contributed by atoms with Crippen molar-refractivity contribution in [2.75, 3.05) is 7.11 Å². The molecule has 0 saturated heterocycles. The summed E-state index contributed by atoms with van der Waals surface area (Å²) in [5.41, 5.74) is 0.565. The molecule has 1 atom stereocenters. The summed E-state index contributed by atoms with van der Waals surface area (Å²) in [6.07, 6.45) is 0. The van der Waals surface area contributed by atoms with Crippen LogP contribution in [0.15, 0.2) is 42.5 Å². The van der Waals surface area contributed by atoms with Crippen LogP contribution >= 0.6 is 0 Å². The molecule has 5 heteroatoms. The molecular weight excluding hydrogens is 300 g/mol. The molecule has 122 valence electrons. The van der Waals surface area contributed by atoms with Gasteiger partial charge in [-0.15, -0.1) is 0 Å². The van der Waals surface area contributed by atoms with Crippen LogP contribution in [0.5, 0.6) is 5.75 Å². The van der Waals surface area contributed by atoms with Crippen molar-refractivity contribution >= 4 is 5.91 Å². The molecule has 0 aliphatic heterocycles. The molecule has 0 saturated carbocycles. The van der Waals surface area contributed by atoms with Crippen LogP contribution in [0.25, 0.3) is 0 Å². The Bertz CT molecular complexity index is 684. The predicted octanol–water partition coefficient (Wildman–Crippen LogP) is 4.10. The van der Waals surface area contributed by atoms with E-state index in [2.05, 4.69) is 5.32 Å². The predicted molar refractivity (Wildman–Crippen MR) is 84.4 cm³/mol. The number of methoxy groups -OCH3 is 1. The number of carbonyl (C=O) groups is 1. The summed E-state index contributed by atoms with van der Waals surface area (Å²) < 4.78 is 32.1. The van der Waals surface area contributed by atoms with Crippen molar-refractivity contribution in [2.45, 2.75) is 19.9 Å². The van der Waals surface area contributed by atoms with Gasteiger partial charge >= 0.3 is 0 Å². The number of carbonyl (C=O) groups excluding carboxylic acids is 1. The Morgan fingerprint density at radius 1 is 1.09 bits per heavy atom.